The van der Waals surface area contributed by atoms with Crippen LogP contribution in [0.5, 0.6) is 0 Å². The lowest BCUT2D eigenvalue weighted by atomic mass is 9.72. The van der Waals surface area contributed by atoms with Crippen LogP contribution in [0.25, 0.3) is 0 Å². The van der Waals surface area contributed by atoms with Crippen LogP contribution in [-0.4, -0.2) is 66.4 Å². The Morgan fingerprint density at radius 2 is 2.03 bits per heavy atom. The molecule has 2 aliphatic rings. The third-order valence-corrected chi connectivity index (χ3v) is 7.58. The minimum atomic E-state index is -0.653. The molecular weight excluding hydrogens is 428 g/mol. The monoisotopic (exact) mass is 458 g/mol. The van der Waals surface area contributed by atoms with E-state index >= 15 is 0 Å². The average molecular weight is 459 g/mol. The van der Waals surface area contributed by atoms with Crippen LogP contribution in [0, 0.1) is 0 Å². The van der Waals surface area contributed by atoms with Crippen molar-refractivity contribution in [2.45, 2.75) is 36.9 Å². The lowest BCUT2D eigenvalue weighted by Crippen LogP contribution is -2.73. The number of likely N-dealkylation sites (N-methyl/N-ethyl adjacent to an activating group) is 1. The number of aliphatic hydroxyl groups excluding tert-OH is 1. The second kappa shape index (κ2) is 9.58. The third kappa shape index (κ3) is 4.66. The SMILES string of the molecule is CN1C2(CCC2)COCC1(CO)CNC(=O)Nc1cccc(C(=O)NCc2cccs2)c1. The normalized spacial score (nSPS) is 22.2. The standard InChI is InChI=1S/C23H30N4O4S/c1-27-22(8-4-9-22)15-31-16-23(27,14-28)13-25-21(30)26-18-6-2-5-17(11-18)20(29)24-12-19-7-3-10-32-19/h2-3,5-7,10-11,28H,4,8-9,12-16H2,1H3,(H,24,29)(H2,25,26,30). The van der Waals surface area contributed by atoms with Crippen molar-refractivity contribution in [3.8, 4) is 0 Å². The number of hydrogen-bond donors (Lipinski definition) is 4. The van der Waals surface area contributed by atoms with Crippen LogP contribution in [0.15, 0.2) is 41.8 Å². The first-order valence-corrected chi connectivity index (χ1v) is 11.7. The summed E-state index contributed by atoms with van der Waals surface area (Å²) in [6, 6.07) is 10.3. The van der Waals surface area contributed by atoms with Gasteiger partial charge in [0.1, 0.15) is 0 Å². The summed E-state index contributed by atoms with van der Waals surface area (Å²) in [7, 11) is 2.01. The summed E-state index contributed by atoms with van der Waals surface area (Å²) in [6.07, 6.45) is 3.23. The molecule has 8 nitrogen and oxygen atoms in total. The molecule has 172 valence electrons. The summed E-state index contributed by atoms with van der Waals surface area (Å²) in [4.78, 5) is 28.3. The smallest absolute Gasteiger partial charge is 0.319 e. The number of hydrogen-bond acceptors (Lipinski definition) is 6. The van der Waals surface area contributed by atoms with Crippen LogP contribution in [0.1, 0.15) is 34.5 Å². The van der Waals surface area contributed by atoms with Gasteiger partial charge in [-0.1, -0.05) is 12.1 Å². The van der Waals surface area contributed by atoms with Crippen molar-refractivity contribution in [3.63, 3.8) is 0 Å². The van der Waals surface area contributed by atoms with Crippen molar-refractivity contribution >= 4 is 29.0 Å². The van der Waals surface area contributed by atoms with Crippen molar-refractivity contribution in [1.82, 2.24) is 15.5 Å². The van der Waals surface area contributed by atoms with Crippen LogP contribution < -0.4 is 16.0 Å². The maximum Gasteiger partial charge on any atom is 0.319 e. The number of benzene rings is 1. The quantitative estimate of drug-likeness (QED) is 0.510. The number of nitrogens with one attached hydrogen (secondary N) is 3. The van der Waals surface area contributed by atoms with Crippen molar-refractivity contribution < 1.29 is 19.4 Å². The summed E-state index contributed by atoms with van der Waals surface area (Å²) in [5, 5.41) is 20.6. The number of amides is 3. The molecule has 32 heavy (non-hydrogen) atoms. The number of nitrogens with zero attached hydrogens (tertiary/aromatic N) is 1. The Kier molecular flexibility index (Phi) is 6.80. The average Bonchev–Trinajstić information content (AvgIpc) is 3.30. The molecule has 1 aromatic heterocycles. The summed E-state index contributed by atoms with van der Waals surface area (Å²) in [5.41, 5.74) is 0.301. The first-order valence-electron chi connectivity index (χ1n) is 10.8. The first-order chi connectivity index (χ1) is 15.5. The van der Waals surface area contributed by atoms with Crippen LogP contribution >= 0.6 is 11.3 Å². The molecule has 0 bridgehead atoms. The summed E-state index contributed by atoms with van der Waals surface area (Å²) in [5.74, 6) is -0.200. The Balaban J connectivity index is 1.32. The molecule has 3 amide bonds. The van der Waals surface area contributed by atoms with Gasteiger partial charge in [0.05, 0.1) is 31.9 Å². The minimum absolute atomic E-state index is 0.0378. The van der Waals surface area contributed by atoms with Crippen LogP contribution in [0.2, 0.25) is 0 Å². The molecule has 1 unspecified atom stereocenters. The van der Waals surface area contributed by atoms with Gasteiger partial charge >= 0.3 is 6.03 Å². The molecule has 1 spiro atoms. The fraction of sp³-hybridized carbons (Fsp3) is 0.478. The second-order valence-electron chi connectivity index (χ2n) is 8.66. The first kappa shape index (κ1) is 22.7. The Morgan fingerprint density at radius 1 is 1.19 bits per heavy atom. The van der Waals surface area contributed by atoms with E-state index in [2.05, 4.69) is 20.9 Å². The lowest BCUT2D eigenvalue weighted by molar-refractivity contribution is -0.179. The van der Waals surface area contributed by atoms with Gasteiger partial charge in [0, 0.05) is 28.2 Å². The van der Waals surface area contributed by atoms with Crippen LogP contribution in [-0.2, 0) is 11.3 Å². The topological polar surface area (TPSA) is 103 Å². The fourth-order valence-corrected chi connectivity index (χ4v) is 5.06. The Bertz CT molecular complexity index is 947. The van der Waals surface area contributed by atoms with E-state index in [4.69, 9.17) is 4.74 Å². The zero-order valence-electron chi connectivity index (χ0n) is 18.2. The number of aliphatic hydroxyl groups is 1. The Morgan fingerprint density at radius 3 is 2.72 bits per heavy atom. The van der Waals surface area contributed by atoms with E-state index in [-0.39, 0.29) is 24.6 Å². The molecule has 1 saturated heterocycles. The van der Waals surface area contributed by atoms with E-state index in [1.807, 2.05) is 24.6 Å². The molecule has 1 saturated carbocycles. The fourth-order valence-electron chi connectivity index (χ4n) is 4.41. The van der Waals surface area contributed by atoms with E-state index < -0.39 is 11.6 Å². The van der Waals surface area contributed by atoms with Gasteiger partial charge < -0.3 is 25.8 Å². The molecule has 1 aliphatic heterocycles. The molecule has 1 aromatic carbocycles. The van der Waals surface area contributed by atoms with Gasteiger partial charge in [0.15, 0.2) is 0 Å². The van der Waals surface area contributed by atoms with E-state index in [9.17, 15) is 14.7 Å². The summed E-state index contributed by atoms with van der Waals surface area (Å²) < 4.78 is 5.83. The predicted octanol–water partition coefficient (Wildman–Crippen LogP) is 2.42. The van der Waals surface area contributed by atoms with E-state index in [0.717, 1.165) is 24.1 Å². The lowest BCUT2D eigenvalue weighted by Gasteiger charge is -2.59. The molecule has 0 radical (unpaired) electrons. The zero-order chi connectivity index (χ0) is 22.6. The number of anilines is 1. The number of carbonyl (C=O) groups excluding carboxylic acids is 2. The largest absolute Gasteiger partial charge is 0.394 e. The van der Waals surface area contributed by atoms with E-state index in [1.165, 1.54) is 0 Å². The molecule has 2 aromatic rings. The van der Waals surface area contributed by atoms with Gasteiger partial charge in [-0.2, -0.15) is 0 Å². The number of rotatable bonds is 7. The maximum atomic E-state index is 12.6. The molecule has 1 aliphatic carbocycles. The molecule has 9 heteroatoms. The van der Waals surface area contributed by atoms with Crippen molar-refractivity contribution in [2.75, 3.05) is 38.7 Å². The van der Waals surface area contributed by atoms with Gasteiger partial charge in [-0.25, -0.2) is 4.79 Å². The predicted molar refractivity (Wildman–Crippen MR) is 124 cm³/mol. The van der Waals surface area contributed by atoms with Gasteiger partial charge in [0.25, 0.3) is 5.91 Å². The number of morpholine rings is 1. The molecule has 2 heterocycles. The molecule has 2 fully saturated rings. The summed E-state index contributed by atoms with van der Waals surface area (Å²) in [6.45, 7) is 1.65. The van der Waals surface area contributed by atoms with E-state index in [0.29, 0.717) is 31.0 Å². The van der Waals surface area contributed by atoms with Gasteiger partial charge in [-0.3, -0.25) is 9.69 Å². The maximum absolute atomic E-state index is 12.6. The summed E-state index contributed by atoms with van der Waals surface area (Å²) >= 11 is 1.59. The Hall–Kier alpha value is -2.46. The minimum Gasteiger partial charge on any atom is -0.394 e. The highest BCUT2D eigenvalue weighted by molar-refractivity contribution is 7.09. The van der Waals surface area contributed by atoms with Crippen LogP contribution in [0.4, 0.5) is 10.5 Å². The number of thiophene rings is 1. The van der Waals surface area contributed by atoms with Gasteiger partial charge in [0.2, 0.25) is 0 Å². The van der Waals surface area contributed by atoms with Crippen molar-refractivity contribution in [1.29, 1.82) is 0 Å². The molecule has 1 atom stereocenters. The zero-order valence-corrected chi connectivity index (χ0v) is 19.0. The van der Waals surface area contributed by atoms with Gasteiger partial charge in [-0.05, 0) is 56.0 Å². The highest BCUT2D eigenvalue weighted by Crippen LogP contribution is 2.43. The van der Waals surface area contributed by atoms with Gasteiger partial charge in [-0.15, -0.1) is 11.3 Å². The molecule has 4 rings (SSSR count). The number of ether oxygens (including phenoxy) is 1. The van der Waals surface area contributed by atoms with Crippen LogP contribution in [0.3, 0.4) is 0 Å². The molecule has 4 N–H and O–H groups in total. The second-order valence-corrected chi connectivity index (χ2v) is 9.69. The van der Waals surface area contributed by atoms with Crippen molar-refractivity contribution in [2.24, 2.45) is 0 Å². The molecular formula is C23H30N4O4S. The highest BCUT2D eigenvalue weighted by atomic mass is 32.1. The van der Waals surface area contributed by atoms with Crippen molar-refractivity contribution in [3.05, 3.63) is 52.2 Å². The number of urea groups is 1. The highest BCUT2D eigenvalue weighted by Gasteiger charge is 2.53. The third-order valence-electron chi connectivity index (χ3n) is 6.71. The van der Waals surface area contributed by atoms with E-state index in [1.54, 1.807) is 35.6 Å². The Labute approximate surface area is 192 Å². The number of carbonyl (C=O) groups is 2.